The lowest BCUT2D eigenvalue weighted by atomic mass is 10.1. The number of hydrogen-bond donors (Lipinski definition) is 2. The molecule has 0 saturated carbocycles. The van der Waals surface area contributed by atoms with E-state index >= 15 is 0 Å². The van der Waals surface area contributed by atoms with Crippen LogP contribution in [-0.4, -0.2) is 31.7 Å². The van der Waals surface area contributed by atoms with E-state index in [1.807, 2.05) is 6.08 Å². The van der Waals surface area contributed by atoms with Crippen molar-refractivity contribution in [2.75, 3.05) is 19.6 Å². The summed E-state index contributed by atoms with van der Waals surface area (Å²) in [6, 6.07) is 0. The normalized spacial score (nSPS) is 17.1. The molecule has 6 heteroatoms. The molecule has 1 amide bonds. The topological polar surface area (TPSA) is 41.1 Å². The van der Waals surface area contributed by atoms with Crippen LogP contribution in [0.1, 0.15) is 12.8 Å². The molecule has 0 bridgehead atoms. The lowest BCUT2D eigenvalue weighted by molar-refractivity contribution is -0.153. The van der Waals surface area contributed by atoms with Crippen LogP contribution in [0, 0.1) is 0 Å². The molecule has 0 fully saturated rings. The molecule has 0 radical (unpaired) electrons. The maximum absolute atomic E-state index is 11.8. The number of alkyl halides is 3. The second kappa shape index (κ2) is 5.16. The molecular weight excluding hydrogens is 209 g/mol. The zero-order valence-corrected chi connectivity index (χ0v) is 8.16. The third-order valence-electron chi connectivity index (χ3n) is 2.03. The fourth-order valence-corrected chi connectivity index (χ4v) is 1.29. The van der Waals surface area contributed by atoms with Crippen molar-refractivity contribution in [3.8, 4) is 0 Å². The third-order valence-corrected chi connectivity index (χ3v) is 2.03. The van der Waals surface area contributed by atoms with Gasteiger partial charge in [0.05, 0.1) is 0 Å². The van der Waals surface area contributed by atoms with Gasteiger partial charge in [-0.05, 0) is 13.0 Å². The second-order valence-electron chi connectivity index (χ2n) is 3.39. The van der Waals surface area contributed by atoms with E-state index in [-0.39, 0.29) is 6.54 Å². The van der Waals surface area contributed by atoms with Gasteiger partial charge in [-0.25, -0.2) is 0 Å². The summed E-state index contributed by atoms with van der Waals surface area (Å²) in [4.78, 5) is 10.8. The summed E-state index contributed by atoms with van der Waals surface area (Å²) >= 11 is 0. The standard InChI is InChI=1S/C9H13F3N2O/c10-9(11,12)5-8(15)14-6-7-1-3-13-4-2-7/h1,13H,2-6H2,(H,14,15). The van der Waals surface area contributed by atoms with E-state index in [1.165, 1.54) is 0 Å². The maximum atomic E-state index is 11.8. The van der Waals surface area contributed by atoms with Crippen molar-refractivity contribution in [1.29, 1.82) is 0 Å². The van der Waals surface area contributed by atoms with Gasteiger partial charge in [-0.15, -0.1) is 0 Å². The van der Waals surface area contributed by atoms with E-state index in [9.17, 15) is 18.0 Å². The van der Waals surface area contributed by atoms with Crippen molar-refractivity contribution in [3.63, 3.8) is 0 Å². The van der Waals surface area contributed by atoms with Crippen LogP contribution in [0.25, 0.3) is 0 Å². The van der Waals surface area contributed by atoms with E-state index in [0.29, 0.717) is 6.54 Å². The van der Waals surface area contributed by atoms with Gasteiger partial charge in [0.1, 0.15) is 6.42 Å². The van der Waals surface area contributed by atoms with Gasteiger partial charge in [0.25, 0.3) is 0 Å². The van der Waals surface area contributed by atoms with Gasteiger partial charge in [-0.3, -0.25) is 4.79 Å². The first-order chi connectivity index (χ1) is 6.97. The lowest BCUT2D eigenvalue weighted by Crippen LogP contribution is -2.32. The molecule has 1 heterocycles. The molecule has 86 valence electrons. The third kappa shape index (κ3) is 5.41. The zero-order valence-electron chi connectivity index (χ0n) is 8.16. The highest BCUT2D eigenvalue weighted by Crippen LogP contribution is 2.18. The molecule has 0 unspecified atom stereocenters. The van der Waals surface area contributed by atoms with Crippen molar-refractivity contribution in [3.05, 3.63) is 11.6 Å². The van der Waals surface area contributed by atoms with Crippen LogP contribution in [0.4, 0.5) is 13.2 Å². The number of halogens is 3. The number of nitrogens with one attached hydrogen (secondary N) is 2. The van der Waals surface area contributed by atoms with Gasteiger partial charge < -0.3 is 10.6 Å². The van der Waals surface area contributed by atoms with Crippen LogP contribution in [0.15, 0.2) is 11.6 Å². The molecule has 0 atom stereocenters. The SMILES string of the molecule is O=C(CC(F)(F)F)NCC1=CCNCC1. The zero-order chi connectivity index (χ0) is 11.3. The molecule has 0 aromatic carbocycles. The second-order valence-corrected chi connectivity index (χ2v) is 3.39. The molecule has 15 heavy (non-hydrogen) atoms. The fourth-order valence-electron chi connectivity index (χ4n) is 1.29. The Hall–Kier alpha value is -1.04. The molecule has 0 spiro atoms. The Morgan fingerprint density at radius 1 is 1.53 bits per heavy atom. The monoisotopic (exact) mass is 222 g/mol. The number of rotatable bonds is 3. The van der Waals surface area contributed by atoms with Crippen LogP contribution in [0.3, 0.4) is 0 Å². The van der Waals surface area contributed by atoms with Crippen molar-refractivity contribution in [1.82, 2.24) is 10.6 Å². The summed E-state index contributed by atoms with van der Waals surface area (Å²) < 4.78 is 35.4. The molecule has 1 aliphatic heterocycles. The van der Waals surface area contributed by atoms with E-state index in [4.69, 9.17) is 0 Å². The Kier molecular flexibility index (Phi) is 4.14. The van der Waals surface area contributed by atoms with Gasteiger partial charge >= 0.3 is 6.18 Å². The predicted octanol–water partition coefficient (Wildman–Crippen LogP) is 0.975. The highest BCUT2D eigenvalue weighted by Gasteiger charge is 2.30. The minimum Gasteiger partial charge on any atom is -0.352 e. The Morgan fingerprint density at radius 2 is 2.27 bits per heavy atom. The molecular formula is C9H13F3N2O. The smallest absolute Gasteiger partial charge is 0.352 e. The average molecular weight is 222 g/mol. The first kappa shape index (κ1) is 12.0. The molecule has 0 aromatic heterocycles. The number of carbonyl (C=O) groups excluding carboxylic acids is 1. The van der Waals surface area contributed by atoms with E-state index in [0.717, 1.165) is 18.5 Å². The molecule has 0 saturated heterocycles. The molecule has 2 N–H and O–H groups in total. The molecule has 1 aliphatic rings. The summed E-state index contributed by atoms with van der Waals surface area (Å²) in [5.41, 5.74) is 0.976. The summed E-state index contributed by atoms with van der Waals surface area (Å²) in [6.07, 6.45) is -3.17. The fraction of sp³-hybridized carbons (Fsp3) is 0.667. The van der Waals surface area contributed by atoms with Crippen molar-refractivity contribution in [2.45, 2.75) is 19.0 Å². The largest absolute Gasteiger partial charge is 0.397 e. The first-order valence-corrected chi connectivity index (χ1v) is 4.69. The van der Waals surface area contributed by atoms with Gasteiger partial charge in [0.15, 0.2) is 0 Å². The summed E-state index contributed by atoms with van der Waals surface area (Å²) in [6.45, 7) is 1.74. The van der Waals surface area contributed by atoms with Crippen LogP contribution >= 0.6 is 0 Å². The van der Waals surface area contributed by atoms with Crippen LogP contribution in [0.5, 0.6) is 0 Å². The number of amides is 1. The van der Waals surface area contributed by atoms with Crippen LogP contribution in [-0.2, 0) is 4.79 Å². The van der Waals surface area contributed by atoms with Gasteiger partial charge in [-0.1, -0.05) is 11.6 Å². The van der Waals surface area contributed by atoms with Crippen molar-refractivity contribution in [2.24, 2.45) is 0 Å². The van der Waals surface area contributed by atoms with Gasteiger partial charge in [0.2, 0.25) is 5.91 Å². The molecule has 3 nitrogen and oxygen atoms in total. The van der Waals surface area contributed by atoms with Crippen LogP contribution in [0.2, 0.25) is 0 Å². The van der Waals surface area contributed by atoms with Gasteiger partial charge in [-0.2, -0.15) is 13.2 Å². The van der Waals surface area contributed by atoms with Crippen LogP contribution < -0.4 is 10.6 Å². The quantitative estimate of drug-likeness (QED) is 0.699. The first-order valence-electron chi connectivity index (χ1n) is 4.69. The number of hydrogen-bond acceptors (Lipinski definition) is 2. The summed E-state index contributed by atoms with van der Waals surface area (Å²) in [5.74, 6) is -0.970. The van der Waals surface area contributed by atoms with E-state index in [2.05, 4.69) is 10.6 Å². The van der Waals surface area contributed by atoms with Crippen molar-refractivity contribution >= 4 is 5.91 Å². The molecule has 0 aliphatic carbocycles. The predicted molar refractivity (Wildman–Crippen MR) is 49.3 cm³/mol. The van der Waals surface area contributed by atoms with E-state index in [1.54, 1.807) is 0 Å². The maximum Gasteiger partial charge on any atom is 0.397 e. The Labute approximate surface area is 85.7 Å². The highest BCUT2D eigenvalue weighted by atomic mass is 19.4. The Morgan fingerprint density at radius 3 is 2.80 bits per heavy atom. The Balaban J connectivity index is 2.24. The molecule has 0 aromatic rings. The number of carbonyl (C=O) groups is 1. The lowest BCUT2D eigenvalue weighted by Gasteiger charge is -2.14. The summed E-state index contributed by atoms with van der Waals surface area (Å²) in [7, 11) is 0. The minimum atomic E-state index is -4.42. The average Bonchev–Trinajstić information content (AvgIpc) is 2.14. The minimum absolute atomic E-state index is 0.219. The molecule has 1 rings (SSSR count). The van der Waals surface area contributed by atoms with Crippen molar-refractivity contribution < 1.29 is 18.0 Å². The Bertz CT molecular complexity index is 261. The summed E-state index contributed by atoms with van der Waals surface area (Å²) in [5, 5.41) is 5.33. The highest BCUT2D eigenvalue weighted by molar-refractivity contribution is 5.76. The van der Waals surface area contributed by atoms with E-state index < -0.39 is 18.5 Å². The van der Waals surface area contributed by atoms with Gasteiger partial charge in [0, 0.05) is 13.1 Å².